The Morgan fingerprint density at radius 1 is 1.38 bits per heavy atom. The van der Waals surface area contributed by atoms with Gasteiger partial charge in [-0.1, -0.05) is 13.3 Å². The molecule has 1 aliphatic rings. The third-order valence-corrected chi connectivity index (χ3v) is 5.24. The van der Waals surface area contributed by atoms with Gasteiger partial charge in [0.15, 0.2) is 0 Å². The summed E-state index contributed by atoms with van der Waals surface area (Å²) < 4.78 is 25.1. The number of carbonyl (C=O) groups is 2. The van der Waals surface area contributed by atoms with Crippen molar-refractivity contribution in [1.29, 1.82) is 0 Å². The molecule has 0 aromatic carbocycles. The number of amides is 2. The van der Waals surface area contributed by atoms with Gasteiger partial charge in [-0.05, 0) is 19.8 Å². The molecule has 1 rings (SSSR count). The lowest BCUT2D eigenvalue weighted by molar-refractivity contribution is -0.148. The third-order valence-electron chi connectivity index (χ3n) is 3.77. The van der Waals surface area contributed by atoms with Gasteiger partial charge in [0.25, 0.3) is 0 Å². The van der Waals surface area contributed by atoms with E-state index in [1.54, 1.807) is 13.8 Å². The Morgan fingerprint density at radius 2 is 2.05 bits per heavy atom. The lowest BCUT2D eigenvalue weighted by Crippen LogP contribution is -2.51. The van der Waals surface area contributed by atoms with Gasteiger partial charge in [-0.15, -0.1) is 0 Å². The number of carboxylic acid groups (broad SMARTS) is 1. The first-order chi connectivity index (χ1) is 9.71. The summed E-state index contributed by atoms with van der Waals surface area (Å²) in [5.41, 5.74) is -0.965. The van der Waals surface area contributed by atoms with E-state index < -0.39 is 33.5 Å². The number of hydrogen-bond acceptors (Lipinski definition) is 4. The number of carboxylic acids is 1. The molecule has 122 valence electrons. The summed E-state index contributed by atoms with van der Waals surface area (Å²) in [6, 6.07) is -0.985. The Morgan fingerprint density at radius 3 is 2.62 bits per heavy atom. The van der Waals surface area contributed by atoms with Crippen molar-refractivity contribution in [3.63, 3.8) is 0 Å². The van der Waals surface area contributed by atoms with E-state index in [1.807, 2.05) is 0 Å². The van der Waals surface area contributed by atoms with Crippen molar-refractivity contribution >= 4 is 22.0 Å². The molecule has 9 heteroatoms. The van der Waals surface area contributed by atoms with E-state index in [1.165, 1.54) is 0 Å². The monoisotopic (exact) mass is 321 g/mol. The molecule has 0 aromatic rings. The van der Waals surface area contributed by atoms with Crippen LogP contribution in [0, 0.1) is 5.41 Å². The topological polar surface area (TPSA) is 125 Å². The van der Waals surface area contributed by atoms with Gasteiger partial charge in [0.2, 0.25) is 10.0 Å². The van der Waals surface area contributed by atoms with Crippen molar-refractivity contribution < 1.29 is 23.1 Å². The molecule has 2 unspecified atom stereocenters. The van der Waals surface area contributed by atoms with Crippen LogP contribution in [0.4, 0.5) is 4.79 Å². The van der Waals surface area contributed by atoms with Crippen LogP contribution in [0.3, 0.4) is 0 Å². The van der Waals surface area contributed by atoms with Crippen LogP contribution in [-0.2, 0) is 14.8 Å². The SMILES string of the molecule is CCNS(=O)(=O)CCNC(=O)NC1CCCC1(C)C(=O)O. The van der Waals surface area contributed by atoms with Crippen molar-refractivity contribution in [3.05, 3.63) is 0 Å². The van der Waals surface area contributed by atoms with E-state index in [9.17, 15) is 23.1 Å². The smallest absolute Gasteiger partial charge is 0.315 e. The maximum Gasteiger partial charge on any atom is 0.315 e. The van der Waals surface area contributed by atoms with Gasteiger partial charge in [-0.3, -0.25) is 4.79 Å². The maximum absolute atomic E-state index is 11.7. The van der Waals surface area contributed by atoms with Gasteiger partial charge in [-0.25, -0.2) is 17.9 Å². The normalized spacial score (nSPS) is 25.5. The summed E-state index contributed by atoms with van der Waals surface area (Å²) >= 11 is 0. The number of hydrogen-bond donors (Lipinski definition) is 4. The van der Waals surface area contributed by atoms with E-state index in [4.69, 9.17) is 0 Å². The minimum Gasteiger partial charge on any atom is -0.481 e. The summed E-state index contributed by atoms with van der Waals surface area (Å²) in [4.78, 5) is 23.0. The predicted octanol–water partition coefficient (Wildman–Crippen LogP) is -0.132. The van der Waals surface area contributed by atoms with Crippen molar-refractivity contribution in [2.24, 2.45) is 5.41 Å². The van der Waals surface area contributed by atoms with E-state index in [0.29, 0.717) is 19.4 Å². The molecule has 1 saturated carbocycles. The lowest BCUT2D eigenvalue weighted by Gasteiger charge is -2.27. The molecule has 0 bridgehead atoms. The highest BCUT2D eigenvalue weighted by molar-refractivity contribution is 7.89. The number of sulfonamides is 1. The van der Waals surface area contributed by atoms with Gasteiger partial charge >= 0.3 is 12.0 Å². The molecule has 0 saturated heterocycles. The van der Waals surface area contributed by atoms with E-state index >= 15 is 0 Å². The Kier molecular flexibility index (Phi) is 5.97. The number of carbonyl (C=O) groups excluding carboxylic acids is 1. The Labute approximate surface area is 124 Å². The first-order valence-corrected chi connectivity index (χ1v) is 8.61. The molecule has 4 N–H and O–H groups in total. The quantitative estimate of drug-likeness (QED) is 0.520. The Bertz CT molecular complexity index is 493. The van der Waals surface area contributed by atoms with Gasteiger partial charge in [0, 0.05) is 19.1 Å². The first kappa shape index (κ1) is 17.7. The highest BCUT2D eigenvalue weighted by Crippen LogP contribution is 2.38. The van der Waals surface area contributed by atoms with Gasteiger partial charge < -0.3 is 15.7 Å². The molecular formula is C12H23N3O5S. The molecule has 1 fully saturated rings. The zero-order chi connectivity index (χ0) is 16.1. The summed E-state index contributed by atoms with van der Waals surface area (Å²) in [6.07, 6.45) is 1.86. The number of nitrogens with one attached hydrogen (secondary N) is 3. The summed E-state index contributed by atoms with van der Waals surface area (Å²) in [6.45, 7) is 3.55. The molecular weight excluding hydrogens is 298 g/mol. The minimum atomic E-state index is -3.38. The van der Waals surface area contributed by atoms with E-state index in [2.05, 4.69) is 15.4 Å². The summed E-state index contributed by atoms with van der Waals surface area (Å²) in [5.74, 6) is -1.14. The predicted molar refractivity (Wildman–Crippen MR) is 77.4 cm³/mol. The average Bonchev–Trinajstić information content (AvgIpc) is 2.72. The summed E-state index contributed by atoms with van der Waals surface area (Å²) in [5, 5.41) is 14.3. The summed E-state index contributed by atoms with van der Waals surface area (Å²) in [7, 11) is -3.38. The van der Waals surface area contributed by atoms with Crippen molar-refractivity contribution in [2.75, 3.05) is 18.8 Å². The largest absolute Gasteiger partial charge is 0.481 e. The van der Waals surface area contributed by atoms with Crippen LogP contribution in [0.2, 0.25) is 0 Å². The second-order valence-electron chi connectivity index (χ2n) is 5.38. The van der Waals surface area contributed by atoms with Crippen LogP contribution < -0.4 is 15.4 Å². The van der Waals surface area contributed by atoms with Crippen LogP contribution in [0.15, 0.2) is 0 Å². The Hall–Kier alpha value is -1.35. The molecule has 0 radical (unpaired) electrons. The van der Waals surface area contributed by atoms with Crippen LogP contribution >= 0.6 is 0 Å². The lowest BCUT2D eigenvalue weighted by atomic mass is 9.85. The molecule has 0 heterocycles. The fraction of sp³-hybridized carbons (Fsp3) is 0.833. The number of rotatable bonds is 7. The van der Waals surface area contributed by atoms with Crippen LogP contribution in [0.25, 0.3) is 0 Å². The van der Waals surface area contributed by atoms with E-state index in [0.717, 1.165) is 6.42 Å². The van der Waals surface area contributed by atoms with E-state index in [-0.39, 0.29) is 12.3 Å². The number of urea groups is 1. The van der Waals surface area contributed by atoms with Crippen LogP contribution in [0.1, 0.15) is 33.1 Å². The van der Waals surface area contributed by atoms with Crippen molar-refractivity contribution in [1.82, 2.24) is 15.4 Å². The van der Waals surface area contributed by atoms with Crippen LogP contribution in [-0.4, -0.2) is 50.4 Å². The molecule has 0 aromatic heterocycles. The second-order valence-corrected chi connectivity index (χ2v) is 7.31. The fourth-order valence-corrected chi connectivity index (χ4v) is 3.41. The van der Waals surface area contributed by atoms with Crippen LogP contribution in [0.5, 0.6) is 0 Å². The van der Waals surface area contributed by atoms with Gasteiger partial charge in [-0.2, -0.15) is 0 Å². The number of aliphatic carboxylic acids is 1. The minimum absolute atomic E-state index is 0.0301. The Balaban J connectivity index is 2.43. The average molecular weight is 321 g/mol. The molecule has 0 spiro atoms. The molecule has 1 aliphatic carbocycles. The van der Waals surface area contributed by atoms with Crippen molar-refractivity contribution in [2.45, 2.75) is 39.2 Å². The molecule has 2 atom stereocenters. The molecule has 21 heavy (non-hydrogen) atoms. The standard InChI is InChI=1S/C12H23N3O5S/c1-3-14-21(19,20)8-7-13-11(18)15-9-5-4-6-12(9,2)10(16)17/h9,14H,3-8H2,1-2H3,(H,16,17)(H2,13,15,18). The third kappa shape index (κ3) is 4.85. The zero-order valence-electron chi connectivity index (χ0n) is 12.3. The van der Waals surface area contributed by atoms with Crippen molar-refractivity contribution in [3.8, 4) is 0 Å². The second kappa shape index (κ2) is 7.08. The van der Waals surface area contributed by atoms with Gasteiger partial charge in [0.05, 0.1) is 11.2 Å². The fourth-order valence-electron chi connectivity index (χ4n) is 2.45. The maximum atomic E-state index is 11.7. The highest BCUT2D eigenvalue weighted by atomic mass is 32.2. The highest BCUT2D eigenvalue weighted by Gasteiger charge is 2.45. The molecule has 2 amide bonds. The zero-order valence-corrected chi connectivity index (χ0v) is 13.1. The van der Waals surface area contributed by atoms with Gasteiger partial charge in [0.1, 0.15) is 0 Å². The molecule has 8 nitrogen and oxygen atoms in total. The molecule has 0 aliphatic heterocycles. The first-order valence-electron chi connectivity index (χ1n) is 6.96.